The summed E-state index contributed by atoms with van der Waals surface area (Å²) in [6, 6.07) is 11.7. The van der Waals surface area contributed by atoms with Crippen LogP contribution in [0.15, 0.2) is 42.6 Å². The molecule has 1 heterocycles. The number of nitrogens with one attached hydrogen (secondary N) is 2. The van der Waals surface area contributed by atoms with E-state index < -0.39 is 0 Å². The fraction of sp³-hybridized carbons (Fsp3) is 0.286. The SMILES string of the molecule is COc1ccc(Nc2nncc(Nc3c(C)cccc3C(C)C)n2)c(OC)c1. The van der Waals surface area contributed by atoms with Crippen LogP contribution in [0.25, 0.3) is 0 Å². The van der Waals surface area contributed by atoms with Crippen LogP contribution in [-0.2, 0) is 0 Å². The van der Waals surface area contributed by atoms with Crippen LogP contribution in [0.2, 0.25) is 0 Å². The highest BCUT2D eigenvalue weighted by Gasteiger charge is 2.12. The minimum absolute atomic E-state index is 0.369. The zero-order valence-electron chi connectivity index (χ0n) is 16.8. The summed E-state index contributed by atoms with van der Waals surface area (Å²) in [4.78, 5) is 4.54. The molecule has 0 atom stereocenters. The quantitative estimate of drug-likeness (QED) is 0.610. The van der Waals surface area contributed by atoms with E-state index in [9.17, 15) is 0 Å². The molecule has 1 aromatic heterocycles. The van der Waals surface area contributed by atoms with E-state index in [-0.39, 0.29) is 0 Å². The summed E-state index contributed by atoms with van der Waals surface area (Å²) in [6.45, 7) is 6.41. The van der Waals surface area contributed by atoms with Gasteiger partial charge in [0.2, 0.25) is 5.95 Å². The molecule has 0 saturated heterocycles. The number of para-hydroxylation sites is 1. The molecule has 2 aromatic carbocycles. The number of hydrogen-bond acceptors (Lipinski definition) is 7. The van der Waals surface area contributed by atoms with Crippen molar-refractivity contribution in [2.45, 2.75) is 26.7 Å². The highest BCUT2D eigenvalue weighted by molar-refractivity contribution is 5.67. The normalized spacial score (nSPS) is 10.6. The second-order valence-electron chi connectivity index (χ2n) is 6.68. The summed E-state index contributed by atoms with van der Waals surface area (Å²) < 4.78 is 10.6. The van der Waals surface area contributed by atoms with Gasteiger partial charge in [0.15, 0.2) is 5.82 Å². The third-order valence-corrected chi connectivity index (χ3v) is 4.39. The van der Waals surface area contributed by atoms with Crippen molar-refractivity contribution >= 4 is 23.1 Å². The van der Waals surface area contributed by atoms with E-state index in [0.717, 1.165) is 16.9 Å². The first-order valence-corrected chi connectivity index (χ1v) is 9.07. The summed E-state index contributed by atoms with van der Waals surface area (Å²) >= 11 is 0. The second-order valence-corrected chi connectivity index (χ2v) is 6.68. The Morgan fingerprint density at radius 1 is 1.00 bits per heavy atom. The first-order chi connectivity index (χ1) is 13.5. The van der Waals surface area contributed by atoms with Gasteiger partial charge in [-0.05, 0) is 36.1 Å². The molecule has 0 unspecified atom stereocenters. The minimum atomic E-state index is 0.369. The molecule has 0 amide bonds. The van der Waals surface area contributed by atoms with Crippen molar-refractivity contribution in [2.75, 3.05) is 24.9 Å². The lowest BCUT2D eigenvalue weighted by molar-refractivity contribution is 0.395. The number of nitrogens with zero attached hydrogens (tertiary/aromatic N) is 3. The summed E-state index contributed by atoms with van der Waals surface area (Å²) in [6.07, 6.45) is 1.60. The van der Waals surface area contributed by atoms with Gasteiger partial charge in [0.1, 0.15) is 11.5 Å². The summed E-state index contributed by atoms with van der Waals surface area (Å²) in [7, 11) is 3.21. The van der Waals surface area contributed by atoms with Crippen molar-refractivity contribution in [3.05, 3.63) is 53.7 Å². The molecule has 0 aliphatic rings. The van der Waals surface area contributed by atoms with Gasteiger partial charge in [0.25, 0.3) is 0 Å². The molecule has 2 N–H and O–H groups in total. The fourth-order valence-corrected chi connectivity index (χ4v) is 2.91. The van der Waals surface area contributed by atoms with Crippen molar-refractivity contribution in [3.63, 3.8) is 0 Å². The number of rotatable bonds is 7. The Morgan fingerprint density at radius 2 is 1.82 bits per heavy atom. The third-order valence-electron chi connectivity index (χ3n) is 4.39. The van der Waals surface area contributed by atoms with E-state index in [4.69, 9.17) is 9.47 Å². The number of ether oxygens (including phenoxy) is 2. The molecule has 28 heavy (non-hydrogen) atoms. The predicted octanol–water partition coefficient (Wildman–Crippen LogP) is 4.81. The van der Waals surface area contributed by atoms with Crippen LogP contribution in [0.1, 0.15) is 30.9 Å². The van der Waals surface area contributed by atoms with Gasteiger partial charge in [-0.3, -0.25) is 0 Å². The number of aromatic nitrogens is 3. The highest BCUT2D eigenvalue weighted by atomic mass is 16.5. The van der Waals surface area contributed by atoms with Crippen molar-refractivity contribution in [1.29, 1.82) is 0 Å². The van der Waals surface area contributed by atoms with Crippen LogP contribution in [0, 0.1) is 6.92 Å². The number of hydrogen-bond donors (Lipinski definition) is 2. The smallest absolute Gasteiger partial charge is 0.249 e. The topological polar surface area (TPSA) is 81.2 Å². The Balaban J connectivity index is 1.86. The van der Waals surface area contributed by atoms with Crippen LogP contribution in [0.4, 0.5) is 23.1 Å². The zero-order chi connectivity index (χ0) is 20.1. The number of anilines is 4. The van der Waals surface area contributed by atoms with Crippen LogP contribution < -0.4 is 20.1 Å². The number of benzene rings is 2. The molecule has 7 nitrogen and oxygen atoms in total. The summed E-state index contributed by atoms with van der Waals surface area (Å²) in [5.41, 5.74) is 4.15. The second kappa shape index (κ2) is 8.56. The molecule has 146 valence electrons. The Bertz CT molecular complexity index is 959. The van der Waals surface area contributed by atoms with E-state index in [1.165, 1.54) is 5.56 Å². The average Bonchev–Trinajstić information content (AvgIpc) is 2.70. The molecular formula is C21H25N5O2. The number of aryl methyl sites for hydroxylation is 1. The van der Waals surface area contributed by atoms with E-state index >= 15 is 0 Å². The maximum atomic E-state index is 5.41. The molecule has 0 radical (unpaired) electrons. The van der Waals surface area contributed by atoms with Gasteiger partial charge in [0, 0.05) is 11.8 Å². The van der Waals surface area contributed by atoms with E-state index in [1.807, 2.05) is 12.1 Å². The van der Waals surface area contributed by atoms with E-state index in [2.05, 4.69) is 64.8 Å². The van der Waals surface area contributed by atoms with Crippen LogP contribution >= 0.6 is 0 Å². The summed E-state index contributed by atoms with van der Waals surface area (Å²) in [5, 5.41) is 14.7. The molecular weight excluding hydrogens is 354 g/mol. The van der Waals surface area contributed by atoms with Crippen molar-refractivity contribution in [1.82, 2.24) is 15.2 Å². The predicted molar refractivity (Wildman–Crippen MR) is 111 cm³/mol. The Hall–Kier alpha value is -3.35. The largest absolute Gasteiger partial charge is 0.497 e. The van der Waals surface area contributed by atoms with E-state index in [0.29, 0.717) is 29.2 Å². The minimum Gasteiger partial charge on any atom is -0.497 e. The Labute approximate surface area is 165 Å². The van der Waals surface area contributed by atoms with Crippen LogP contribution in [0.5, 0.6) is 11.5 Å². The Kier molecular flexibility index (Phi) is 5.93. The van der Waals surface area contributed by atoms with Gasteiger partial charge < -0.3 is 20.1 Å². The Morgan fingerprint density at radius 3 is 2.54 bits per heavy atom. The molecule has 7 heteroatoms. The molecule has 0 bridgehead atoms. The van der Waals surface area contributed by atoms with Crippen LogP contribution in [0.3, 0.4) is 0 Å². The first-order valence-electron chi connectivity index (χ1n) is 9.07. The molecule has 0 spiro atoms. The van der Waals surface area contributed by atoms with Crippen molar-refractivity contribution in [2.24, 2.45) is 0 Å². The van der Waals surface area contributed by atoms with Gasteiger partial charge in [-0.15, -0.1) is 5.10 Å². The molecule has 0 aliphatic carbocycles. The van der Waals surface area contributed by atoms with Gasteiger partial charge in [0.05, 0.1) is 26.1 Å². The lowest BCUT2D eigenvalue weighted by atomic mass is 9.98. The lowest BCUT2D eigenvalue weighted by Gasteiger charge is -2.17. The summed E-state index contributed by atoms with van der Waals surface area (Å²) in [5.74, 6) is 2.70. The molecule has 0 aliphatic heterocycles. The molecule has 0 fully saturated rings. The fourth-order valence-electron chi connectivity index (χ4n) is 2.91. The lowest BCUT2D eigenvalue weighted by Crippen LogP contribution is -2.06. The standard InChI is InChI=1S/C21H25N5O2/c1-13(2)16-8-6-7-14(3)20(16)24-19-12-22-26-21(25-19)23-17-10-9-15(27-4)11-18(17)28-5/h6-13H,1-5H3,(H2,23,24,25,26). The first kappa shape index (κ1) is 19.4. The molecule has 0 saturated carbocycles. The van der Waals surface area contributed by atoms with Crippen LogP contribution in [-0.4, -0.2) is 29.4 Å². The molecule has 3 rings (SSSR count). The zero-order valence-corrected chi connectivity index (χ0v) is 16.8. The van der Waals surface area contributed by atoms with Gasteiger partial charge in [-0.1, -0.05) is 32.0 Å². The van der Waals surface area contributed by atoms with Crippen molar-refractivity contribution in [3.8, 4) is 11.5 Å². The monoisotopic (exact) mass is 379 g/mol. The van der Waals surface area contributed by atoms with Gasteiger partial charge in [-0.2, -0.15) is 10.1 Å². The maximum absolute atomic E-state index is 5.41. The third kappa shape index (κ3) is 4.31. The highest BCUT2D eigenvalue weighted by Crippen LogP contribution is 2.32. The average molecular weight is 379 g/mol. The number of methoxy groups -OCH3 is 2. The van der Waals surface area contributed by atoms with Gasteiger partial charge in [-0.25, -0.2) is 0 Å². The van der Waals surface area contributed by atoms with E-state index in [1.54, 1.807) is 26.5 Å². The maximum Gasteiger partial charge on any atom is 0.249 e. The van der Waals surface area contributed by atoms with Gasteiger partial charge >= 0.3 is 0 Å². The van der Waals surface area contributed by atoms with Crippen molar-refractivity contribution < 1.29 is 9.47 Å². The molecule has 3 aromatic rings.